The van der Waals surface area contributed by atoms with Crippen LogP contribution in [0.25, 0.3) is 0 Å². The minimum atomic E-state index is -0.266. The number of esters is 1. The van der Waals surface area contributed by atoms with Crippen LogP contribution >= 0.6 is 12.2 Å². The Morgan fingerprint density at radius 3 is 2.30 bits per heavy atom. The standard InChI is InChI=1S/C7H12O2S/c1-5(2)9-7(8)6(3)4-10/h4-6H,1-3H3. The second kappa shape index (κ2) is 4.39. The van der Waals surface area contributed by atoms with E-state index in [1.165, 1.54) is 5.37 Å². The molecule has 0 aliphatic heterocycles. The van der Waals surface area contributed by atoms with E-state index in [0.717, 1.165) is 0 Å². The van der Waals surface area contributed by atoms with E-state index in [1.54, 1.807) is 6.92 Å². The Kier molecular flexibility index (Phi) is 4.19. The number of carbonyl (C=O) groups is 1. The average molecular weight is 160 g/mol. The zero-order valence-corrected chi connectivity index (χ0v) is 7.27. The van der Waals surface area contributed by atoms with Crippen LogP contribution in [0.15, 0.2) is 0 Å². The van der Waals surface area contributed by atoms with E-state index >= 15 is 0 Å². The molecule has 10 heavy (non-hydrogen) atoms. The van der Waals surface area contributed by atoms with Gasteiger partial charge >= 0.3 is 5.97 Å². The normalized spacial score (nSPS) is 12.8. The third kappa shape index (κ3) is 3.56. The van der Waals surface area contributed by atoms with E-state index < -0.39 is 0 Å². The largest absolute Gasteiger partial charge is 0.463 e. The summed E-state index contributed by atoms with van der Waals surface area (Å²) in [5, 5.41) is 1.41. The first-order chi connectivity index (χ1) is 4.57. The molecule has 1 unspecified atom stereocenters. The zero-order chi connectivity index (χ0) is 8.15. The first kappa shape index (κ1) is 9.56. The second-order valence-corrected chi connectivity index (χ2v) is 2.68. The Labute approximate surface area is 66.6 Å². The van der Waals surface area contributed by atoms with Gasteiger partial charge in [0.2, 0.25) is 0 Å². The third-order valence-electron chi connectivity index (χ3n) is 0.928. The van der Waals surface area contributed by atoms with Crippen molar-refractivity contribution in [3.05, 3.63) is 0 Å². The van der Waals surface area contributed by atoms with E-state index in [-0.39, 0.29) is 18.0 Å². The highest BCUT2D eigenvalue weighted by Crippen LogP contribution is 1.98. The molecule has 58 valence electrons. The smallest absolute Gasteiger partial charge is 0.313 e. The highest BCUT2D eigenvalue weighted by molar-refractivity contribution is 7.79. The average Bonchev–Trinajstić information content (AvgIpc) is 1.85. The fraction of sp³-hybridized carbons (Fsp3) is 0.714. The van der Waals surface area contributed by atoms with Gasteiger partial charge in [-0.3, -0.25) is 4.79 Å². The van der Waals surface area contributed by atoms with Gasteiger partial charge in [0.05, 0.1) is 12.0 Å². The molecule has 3 heteroatoms. The Hall–Kier alpha value is -0.440. The third-order valence-corrected chi connectivity index (χ3v) is 1.34. The van der Waals surface area contributed by atoms with Crippen molar-refractivity contribution in [1.29, 1.82) is 0 Å². The molecular formula is C7H12O2S. The lowest BCUT2D eigenvalue weighted by Crippen LogP contribution is -2.19. The van der Waals surface area contributed by atoms with E-state index in [9.17, 15) is 4.79 Å². The molecule has 1 atom stereocenters. The molecule has 0 aromatic carbocycles. The predicted octanol–water partition coefficient (Wildman–Crippen LogP) is 1.57. The summed E-state index contributed by atoms with van der Waals surface area (Å²) < 4.78 is 4.87. The lowest BCUT2D eigenvalue weighted by Gasteiger charge is -2.09. The predicted molar refractivity (Wildman–Crippen MR) is 44.0 cm³/mol. The highest BCUT2D eigenvalue weighted by atomic mass is 32.1. The molecule has 0 rings (SSSR count). The van der Waals surface area contributed by atoms with Gasteiger partial charge in [0.15, 0.2) is 0 Å². The number of hydrogen-bond acceptors (Lipinski definition) is 3. The van der Waals surface area contributed by atoms with Crippen LogP contribution in [0, 0.1) is 5.92 Å². The van der Waals surface area contributed by atoms with Crippen LogP contribution < -0.4 is 0 Å². The molecule has 0 saturated heterocycles. The number of ether oxygens (including phenoxy) is 1. The summed E-state index contributed by atoms with van der Waals surface area (Å²) >= 11 is 4.58. The molecule has 0 aromatic heterocycles. The molecule has 0 fully saturated rings. The molecule has 0 bridgehead atoms. The van der Waals surface area contributed by atoms with Gasteiger partial charge in [-0.1, -0.05) is 12.2 Å². The SMILES string of the molecule is CC(C)OC(=O)C(C)C=S. The summed E-state index contributed by atoms with van der Waals surface area (Å²) in [5.41, 5.74) is 0. The second-order valence-electron chi connectivity index (χ2n) is 2.41. The van der Waals surface area contributed by atoms with E-state index in [2.05, 4.69) is 12.2 Å². The van der Waals surface area contributed by atoms with Crippen LogP contribution in [0.5, 0.6) is 0 Å². The highest BCUT2D eigenvalue weighted by Gasteiger charge is 2.11. The van der Waals surface area contributed by atoms with Crippen LogP contribution in [-0.2, 0) is 9.53 Å². The topological polar surface area (TPSA) is 26.3 Å². The van der Waals surface area contributed by atoms with Crippen molar-refractivity contribution >= 4 is 23.6 Å². The van der Waals surface area contributed by atoms with Gasteiger partial charge in [-0.05, 0) is 26.1 Å². The van der Waals surface area contributed by atoms with E-state index in [0.29, 0.717) is 0 Å². The molecule has 0 amide bonds. The van der Waals surface area contributed by atoms with Crippen LogP contribution in [-0.4, -0.2) is 17.4 Å². The Balaban J connectivity index is 3.73. The van der Waals surface area contributed by atoms with E-state index in [1.807, 2.05) is 13.8 Å². The van der Waals surface area contributed by atoms with Crippen molar-refractivity contribution in [2.24, 2.45) is 5.92 Å². The van der Waals surface area contributed by atoms with Gasteiger partial charge in [0.25, 0.3) is 0 Å². The fourth-order valence-electron chi connectivity index (χ4n) is 0.395. The van der Waals surface area contributed by atoms with Crippen LogP contribution in [0.1, 0.15) is 20.8 Å². The summed E-state index contributed by atoms with van der Waals surface area (Å²) in [6.07, 6.45) is -0.0510. The molecular weight excluding hydrogens is 148 g/mol. The van der Waals surface area contributed by atoms with Crippen LogP contribution in [0.3, 0.4) is 0 Å². The maximum Gasteiger partial charge on any atom is 0.313 e. The van der Waals surface area contributed by atoms with Crippen molar-refractivity contribution < 1.29 is 9.53 Å². The summed E-state index contributed by atoms with van der Waals surface area (Å²) in [5.74, 6) is -0.512. The molecule has 0 saturated carbocycles. The maximum absolute atomic E-state index is 10.9. The minimum absolute atomic E-state index is 0.0510. The summed E-state index contributed by atoms with van der Waals surface area (Å²) in [6, 6.07) is 0. The number of carbonyl (C=O) groups excluding carboxylic acids is 1. The van der Waals surface area contributed by atoms with Gasteiger partial charge in [0.1, 0.15) is 0 Å². The summed E-state index contributed by atoms with van der Waals surface area (Å²) in [4.78, 5) is 10.9. The van der Waals surface area contributed by atoms with Gasteiger partial charge < -0.3 is 4.74 Å². The molecule has 0 heterocycles. The van der Waals surface area contributed by atoms with Gasteiger partial charge in [-0.15, -0.1) is 0 Å². The quantitative estimate of drug-likeness (QED) is 0.463. The molecule has 0 aromatic rings. The molecule has 0 N–H and O–H groups in total. The molecule has 0 spiro atoms. The first-order valence-electron chi connectivity index (χ1n) is 3.23. The Morgan fingerprint density at radius 1 is 1.50 bits per heavy atom. The maximum atomic E-state index is 10.9. The van der Waals surface area contributed by atoms with Gasteiger partial charge in [-0.2, -0.15) is 0 Å². The lowest BCUT2D eigenvalue weighted by atomic mass is 10.2. The van der Waals surface area contributed by atoms with Crippen molar-refractivity contribution in [3.8, 4) is 0 Å². The fourth-order valence-corrected chi connectivity index (χ4v) is 0.506. The van der Waals surface area contributed by atoms with Crippen molar-refractivity contribution in [1.82, 2.24) is 0 Å². The van der Waals surface area contributed by atoms with Crippen molar-refractivity contribution in [3.63, 3.8) is 0 Å². The molecule has 2 nitrogen and oxygen atoms in total. The summed E-state index contributed by atoms with van der Waals surface area (Å²) in [6.45, 7) is 5.35. The monoisotopic (exact) mass is 160 g/mol. The first-order valence-corrected chi connectivity index (χ1v) is 3.71. The van der Waals surface area contributed by atoms with E-state index in [4.69, 9.17) is 4.74 Å². The number of hydrogen-bond donors (Lipinski definition) is 0. The van der Waals surface area contributed by atoms with Crippen molar-refractivity contribution in [2.45, 2.75) is 26.9 Å². The number of rotatable bonds is 3. The minimum Gasteiger partial charge on any atom is -0.463 e. The Bertz CT molecular complexity index is 132. The van der Waals surface area contributed by atoms with Crippen LogP contribution in [0.2, 0.25) is 0 Å². The van der Waals surface area contributed by atoms with Crippen molar-refractivity contribution in [2.75, 3.05) is 0 Å². The zero-order valence-electron chi connectivity index (χ0n) is 6.46. The Morgan fingerprint density at radius 2 is 2.00 bits per heavy atom. The lowest BCUT2D eigenvalue weighted by molar-refractivity contribution is -0.149. The summed E-state index contributed by atoms with van der Waals surface area (Å²) in [7, 11) is 0. The molecule has 0 radical (unpaired) electrons. The van der Waals surface area contributed by atoms with Gasteiger partial charge in [-0.25, -0.2) is 0 Å². The number of thiocarbonyl (C=S) groups is 1. The van der Waals surface area contributed by atoms with Gasteiger partial charge in [0, 0.05) is 0 Å². The molecule has 0 aliphatic rings. The van der Waals surface area contributed by atoms with Crippen LogP contribution in [0.4, 0.5) is 0 Å². The molecule has 0 aliphatic carbocycles.